The molecule has 1 amide bonds. The summed E-state index contributed by atoms with van der Waals surface area (Å²) in [5.41, 5.74) is -0.394. The number of alkyl halides is 1. The summed E-state index contributed by atoms with van der Waals surface area (Å²) >= 11 is 5.61. The van der Waals surface area contributed by atoms with Crippen molar-refractivity contribution >= 4 is 17.7 Å². The normalized spacial score (nSPS) is 17.9. The molecule has 1 saturated heterocycles. The number of rotatable bonds is 2. The van der Waals surface area contributed by atoms with Gasteiger partial charge in [-0.05, 0) is 33.1 Å². The molecule has 0 N–H and O–H groups in total. The Morgan fingerprint density at radius 3 is 2.50 bits per heavy atom. The lowest BCUT2D eigenvalue weighted by Gasteiger charge is -2.39. The average molecular weight is 220 g/mol. The predicted molar refractivity (Wildman–Crippen MR) is 56.6 cm³/mol. The van der Waals surface area contributed by atoms with E-state index in [-0.39, 0.29) is 6.09 Å². The first-order valence-corrected chi connectivity index (χ1v) is 5.49. The van der Waals surface area contributed by atoms with Crippen LogP contribution >= 0.6 is 11.6 Å². The van der Waals surface area contributed by atoms with E-state index in [0.29, 0.717) is 11.8 Å². The lowest BCUT2D eigenvalue weighted by molar-refractivity contribution is -0.00129. The summed E-state index contributed by atoms with van der Waals surface area (Å²) in [5, 5.41) is 0. The summed E-state index contributed by atoms with van der Waals surface area (Å²) in [6.45, 7) is 7.21. The summed E-state index contributed by atoms with van der Waals surface area (Å²) in [4.78, 5) is 13.2. The van der Waals surface area contributed by atoms with Crippen molar-refractivity contribution < 1.29 is 9.53 Å². The first-order valence-electron chi connectivity index (χ1n) is 4.96. The molecule has 1 aliphatic rings. The third kappa shape index (κ3) is 3.37. The van der Waals surface area contributed by atoms with Crippen LogP contribution in [0.5, 0.6) is 0 Å². The van der Waals surface area contributed by atoms with Gasteiger partial charge in [-0.1, -0.05) is 0 Å². The quantitative estimate of drug-likeness (QED) is 0.668. The standard InChI is InChI=1S/C10H18ClNO2/c1-10(2,3)14-9(13)12-6-8(7-12)4-5-11/h8H,4-7H2,1-3H3. The van der Waals surface area contributed by atoms with Gasteiger partial charge in [-0.15, -0.1) is 11.6 Å². The molecule has 1 heterocycles. The number of hydrogen-bond acceptors (Lipinski definition) is 2. The number of likely N-dealkylation sites (tertiary alicyclic amines) is 1. The van der Waals surface area contributed by atoms with Crippen molar-refractivity contribution in [1.29, 1.82) is 0 Å². The molecule has 0 aromatic rings. The minimum Gasteiger partial charge on any atom is -0.444 e. The zero-order chi connectivity index (χ0) is 10.8. The topological polar surface area (TPSA) is 29.5 Å². The monoisotopic (exact) mass is 219 g/mol. The Bertz CT molecular complexity index is 207. The van der Waals surface area contributed by atoms with E-state index in [4.69, 9.17) is 16.3 Å². The Balaban J connectivity index is 2.23. The lowest BCUT2D eigenvalue weighted by atomic mass is 9.98. The number of carbonyl (C=O) groups excluding carboxylic acids is 1. The molecule has 0 unspecified atom stereocenters. The van der Waals surface area contributed by atoms with Crippen LogP contribution in [0.4, 0.5) is 4.79 Å². The third-order valence-corrected chi connectivity index (χ3v) is 2.34. The first kappa shape index (κ1) is 11.6. The Morgan fingerprint density at radius 2 is 2.07 bits per heavy atom. The second-order valence-electron chi connectivity index (χ2n) is 4.73. The number of nitrogens with zero attached hydrogens (tertiary/aromatic N) is 1. The molecular weight excluding hydrogens is 202 g/mol. The van der Waals surface area contributed by atoms with Gasteiger partial charge in [-0.2, -0.15) is 0 Å². The molecule has 4 heteroatoms. The fourth-order valence-electron chi connectivity index (χ4n) is 1.38. The maximum absolute atomic E-state index is 11.5. The smallest absolute Gasteiger partial charge is 0.410 e. The van der Waals surface area contributed by atoms with Crippen molar-refractivity contribution in [1.82, 2.24) is 4.90 Å². The molecule has 1 aliphatic heterocycles. The minimum atomic E-state index is -0.394. The first-order chi connectivity index (χ1) is 6.42. The minimum absolute atomic E-state index is 0.205. The fourth-order valence-corrected chi connectivity index (χ4v) is 1.69. The van der Waals surface area contributed by atoms with Crippen LogP contribution in [-0.4, -0.2) is 35.6 Å². The summed E-state index contributed by atoms with van der Waals surface area (Å²) in [6.07, 6.45) is 0.782. The van der Waals surface area contributed by atoms with Gasteiger partial charge in [-0.25, -0.2) is 4.79 Å². The second kappa shape index (κ2) is 4.39. The highest BCUT2D eigenvalue weighted by Gasteiger charge is 2.32. The van der Waals surface area contributed by atoms with Crippen LogP contribution in [-0.2, 0) is 4.74 Å². The number of halogens is 1. The molecule has 0 spiro atoms. The lowest BCUT2D eigenvalue weighted by Crippen LogP contribution is -2.51. The largest absolute Gasteiger partial charge is 0.444 e. The number of carbonyl (C=O) groups is 1. The molecule has 0 aliphatic carbocycles. The molecule has 1 fully saturated rings. The highest BCUT2D eigenvalue weighted by atomic mass is 35.5. The second-order valence-corrected chi connectivity index (χ2v) is 5.11. The zero-order valence-electron chi connectivity index (χ0n) is 9.05. The maximum atomic E-state index is 11.5. The molecular formula is C10H18ClNO2. The van der Waals surface area contributed by atoms with Gasteiger partial charge in [0.1, 0.15) is 5.60 Å². The van der Waals surface area contributed by atoms with Gasteiger partial charge in [-0.3, -0.25) is 0 Å². The number of hydrogen-bond donors (Lipinski definition) is 0. The van der Waals surface area contributed by atoms with Crippen LogP contribution in [0.3, 0.4) is 0 Å². The van der Waals surface area contributed by atoms with Crippen LogP contribution in [0, 0.1) is 5.92 Å². The van der Waals surface area contributed by atoms with Gasteiger partial charge >= 0.3 is 6.09 Å². The van der Waals surface area contributed by atoms with Gasteiger partial charge in [0.2, 0.25) is 0 Å². The molecule has 14 heavy (non-hydrogen) atoms. The van der Waals surface area contributed by atoms with E-state index < -0.39 is 5.60 Å². The van der Waals surface area contributed by atoms with Crippen molar-refractivity contribution in [2.24, 2.45) is 5.92 Å². The van der Waals surface area contributed by atoms with Crippen LogP contribution in [0.25, 0.3) is 0 Å². The van der Waals surface area contributed by atoms with Crippen molar-refractivity contribution in [3.63, 3.8) is 0 Å². The number of amides is 1. The summed E-state index contributed by atoms with van der Waals surface area (Å²) in [6, 6.07) is 0. The molecule has 1 rings (SSSR count). The molecule has 0 saturated carbocycles. The Morgan fingerprint density at radius 1 is 1.50 bits per heavy atom. The van der Waals surface area contributed by atoms with E-state index in [2.05, 4.69) is 0 Å². The molecule has 82 valence electrons. The van der Waals surface area contributed by atoms with Crippen molar-refractivity contribution in [3.05, 3.63) is 0 Å². The Labute approximate surface area is 90.4 Å². The van der Waals surface area contributed by atoms with Crippen LogP contribution in [0.2, 0.25) is 0 Å². The molecule has 0 aromatic carbocycles. The summed E-state index contributed by atoms with van der Waals surface area (Å²) in [7, 11) is 0. The fraction of sp³-hybridized carbons (Fsp3) is 0.900. The highest BCUT2D eigenvalue weighted by molar-refractivity contribution is 6.17. The van der Waals surface area contributed by atoms with E-state index in [9.17, 15) is 4.79 Å². The van der Waals surface area contributed by atoms with Crippen molar-refractivity contribution in [3.8, 4) is 0 Å². The van der Waals surface area contributed by atoms with E-state index in [1.165, 1.54) is 0 Å². The van der Waals surface area contributed by atoms with Crippen LogP contribution in [0.1, 0.15) is 27.2 Å². The van der Waals surface area contributed by atoms with E-state index >= 15 is 0 Å². The van der Waals surface area contributed by atoms with E-state index in [1.807, 2.05) is 20.8 Å². The summed E-state index contributed by atoms with van der Waals surface area (Å²) in [5.74, 6) is 1.24. The van der Waals surface area contributed by atoms with Crippen molar-refractivity contribution in [2.45, 2.75) is 32.8 Å². The van der Waals surface area contributed by atoms with Crippen LogP contribution in [0.15, 0.2) is 0 Å². The average Bonchev–Trinajstić information content (AvgIpc) is 1.91. The molecule has 0 radical (unpaired) electrons. The van der Waals surface area contributed by atoms with E-state index in [0.717, 1.165) is 19.5 Å². The van der Waals surface area contributed by atoms with E-state index in [1.54, 1.807) is 4.90 Å². The molecule has 0 aromatic heterocycles. The van der Waals surface area contributed by atoms with Gasteiger partial charge in [0.05, 0.1) is 0 Å². The van der Waals surface area contributed by atoms with Gasteiger partial charge in [0, 0.05) is 19.0 Å². The van der Waals surface area contributed by atoms with Gasteiger partial charge in [0.15, 0.2) is 0 Å². The molecule has 3 nitrogen and oxygen atoms in total. The highest BCUT2D eigenvalue weighted by Crippen LogP contribution is 2.22. The Hall–Kier alpha value is -0.440. The zero-order valence-corrected chi connectivity index (χ0v) is 9.80. The van der Waals surface area contributed by atoms with Gasteiger partial charge in [0.25, 0.3) is 0 Å². The SMILES string of the molecule is CC(C)(C)OC(=O)N1CC(CCCl)C1. The number of ether oxygens (including phenoxy) is 1. The third-order valence-electron chi connectivity index (χ3n) is 2.13. The molecule has 0 atom stereocenters. The van der Waals surface area contributed by atoms with Crippen molar-refractivity contribution in [2.75, 3.05) is 19.0 Å². The summed E-state index contributed by atoms with van der Waals surface area (Å²) < 4.78 is 5.22. The molecule has 0 bridgehead atoms. The Kier molecular flexibility index (Phi) is 3.65. The predicted octanol–water partition coefficient (Wildman–Crippen LogP) is 2.48. The maximum Gasteiger partial charge on any atom is 0.410 e. The van der Waals surface area contributed by atoms with Gasteiger partial charge < -0.3 is 9.64 Å². The van der Waals surface area contributed by atoms with Crippen LogP contribution < -0.4 is 0 Å².